The highest BCUT2D eigenvalue weighted by Gasteiger charge is 2.11. The minimum Gasteiger partial charge on any atom is -0.346 e. The topological polar surface area (TPSA) is 88.5 Å². The van der Waals surface area contributed by atoms with E-state index in [1.807, 2.05) is 31.3 Å². The van der Waals surface area contributed by atoms with Crippen molar-refractivity contribution in [2.24, 2.45) is 7.05 Å². The normalized spacial score (nSPS) is 11.3. The quantitative estimate of drug-likeness (QED) is 0.482. The van der Waals surface area contributed by atoms with Gasteiger partial charge in [-0.3, -0.25) is 9.36 Å². The first-order chi connectivity index (χ1) is 14.6. The molecule has 5 aromatic rings. The molecule has 30 heavy (non-hydrogen) atoms. The maximum absolute atomic E-state index is 12.9. The molecule has 0 aliphatic carbocycles. The van der Waals surface area contributed by atoms with Crippen LogP contribution in [-0.4, -0.2) is 24.5 Å². The van der Waals surface area contributed by atoms with Crippen LogP contribution in [0, 0.1) is 6.92 Å². The van der Waals surface area contributed by atoms with Gasteiger partial charge in [-0.15, -0.1) is 0 Å². The van der Waals surface area contributed by atoms with Crippen LogP contribution < -0.4 is 10.9 Å². The number of hydrogen-bond acceptors (Lipinski definition) is 5. The smallest absolute Gasteiger partial charge is 0.255 e. The molecule has 148 valence electrons. The van der Waals surface area contributed by atoms with E-state index in [2.05, 4.69) is 49.5 Å². The van der Waals surface area contributed by atoms with E-state index in [9.17, 15) is 4.79 Å². The minimum atomic E-state index is -0.0527. The Labute approximate surface area is 172 Å². The molecule has 0 saturated heterocycles. The van der Waals surface area contributed by atoms with Gasteiger partial charge in [0.25, 0.3) is 5.56 Å². The number of fused-ring (bicyclic) bond motifs is 2. The van der Waals surface area contributed by atoms with Gasteiger partial charge in [-0.1, -0.05) is 29.8 Å². The van der Waals surface area contributed by atoms with Gasteiger partial charge in [0.05, 0.1) is 11.9 Å². The molecule has 4 aromatic heterocycles. The molecule has 0 radical (unpaired) electrons. The second kappa shape index (κ2) is 7.11. The van der Waals surface area contributed by atoms with Crippen LogP contribution >= 0.6 is 0 Å². The Kier molecular flexibility index (Phi) is 4.28. The van der Waals surface area contributed by atoms with Gasteiger partial charge in [0.2, 0.25) is 5.95 Å². The highest BCUT2D eigenvalue weighted by Crippen LogP contribution is 2.20. The van der Waals surface area contributed by atoms with Crippen LogP contribution in [0.5, 0.6) is 0 Å². The molecule has 7 heteroatoms. The van der Waals surface area contributed by atoms with Crippen LogP contribution in [0.1, 0.15) is 16.7 Å². The van der Waals surface area contributed by atoms with Crippen molar-refractivity contribution >= 4 is 33.7 Å². The predicted octanol–water partition coefficient (Wildman–Crippen LogP) is 3.85. The third-order valence-electron chi connectivity index (χ3n) is 5.19. The van der Waals surface area contributed by atoms with Crippen molar-refractivity contribution in [3.05, 3.63) is 88.1 Å². The fraction of sp³-hybridized carbons (Fsp3) is 0.130. The van der Waals surface area contributed by atoms with E-state index in [0.717, 1.165) is 33.2 Å². The summed E-state index contributed by atoms with van der Waals surface area (Å²) < 4.78 is 1.58. The lowest BCUT2D eigenvalue weighted by atomic mass is 10.0. The molecule has 0 atom stereocenters. The third kappa shape index (κ3) is 3.30. The maximum Gasteiger partial charge on any atom is 0.255 e. The van der Waals surface area contributed by atoms with Crippen molar-refractivity contribution in [2.45, 2.75) is 13.3 Å². The predicted molar refractivity (Wildman–Crippen MR) is 118 cm³/mol. The molecule has 0 spiro atoms. The molecule has 2 N–H and O–H groups in total. The zero-order valence-corrected chi connectivity index (χ0v) is 16.7. The Morgan fingerprint density at radius 3 is 2.70 bits per heavy atom. The second-order valence-corrected chi connectivity index (χ2v) is 7.43. The summed E-state index contributed by atoms with van der Waals surface area (Å²) in [5, 5.41) is 4.99. The summed E-state index contributed by atoms with van der Waals surface area (Å²) in [7, 11) is 1.74. The number of aryl methyl sites for hydroxylation is 2. The summed E-state index contributed by atoms with van der Waals surface area (Å²) in [4.78, 5) is 29.3. The van der Waals surface area contributed by atoms with Gasteiger partial charge in [0.1, 0.15) is 11.3 Å². The van der Waals surface area contributed by atoms with E-state index in [1.54, 1.807) is 24.0 Å². The highest BCUT2D eigenvalue weighted by atomic mass is 16.1. The van der Waals surface area contributed by atoms with Gasteiger partial charge in [-0.2, -0.15) is 4.98 Å². The molecule has 0 unspecified atom stereocenters. The Morgan fingerprint density at radius 1 is 1.03 bits per heavy atom. The van der Waals surface area contributed by atoms with Crippen LogP contribution in [0.2, 0.25) is 0 Å². The summed E-state index contributed by atoms with van der Waals surface area (Å²) in [5.74, 6) is 0.417. The van der Waals surface area contributed by atoms with Gasteiger partial charge in [0.15, 0.2) is 0 Å². The second-order valence-electron chi connectivity index (χ2n) is 7.43. The standard InChI is InChI=1S/C23H20N6O/c1-14-3-5-15(6-4-14)9-17-10-18-12-26-23(28-21(18)29(2)22(17)30)27-19-11-16-7-8-24-20(16)25-13-19/h3-8,10-13H,9H2,1-2H3,(H,24,25)(H,26,27,28). The molecule has 0 bridgehead atoms. The fourth-order valence-electron chi connectivity index (χ4n) is 3.56. The SMILES string of the molecule is Cc1ccc(Cc2cc3cnc(Nc4cnc5[nH]ccc5c4)nc3n(C)c2=O)cc1. The molecule has 5 rings (SSSR count). The van der Waals surface area contributed by atoms with Gasteiger partial charge in [-0.25, -0.2) is 9.97 Å². The number of aromatic amines is 1. The van der Waals surface area contributed by atoms with Crippen molar-refractivity contribution in [1.82, 2.24) is 24.5 Å². The fourth-order valence-corrected chi connectivity index (χ4v) is 3.56. The molecule has 0 aliphatic rings. The number of pyridine rings is 2. The van der Waals surface area contributed by atoms with E-state index in [0.29, 0.717) is 18.0 Å². The summed E-state index contributed by atoms with van der Waals surface area (Å²) in [5.41, 5.74) is 5.16. The van der Waals surface area contributed by atoms with Crippen molar-refractivity contribution in [3.8, 4) is 0 Å². The molecular formula is C23H20N6O. The highest BCUT2D eigenvalue weighted by molar-refractivity contribution is 5.80. The van der Waals surface area contributed by atoms with Gasteiger partial charge in [-0.05, 0) is 30.7 Å². The lowest BCUT2D eigenvalue weighted by Gasteiger charge is -2.10. The van der Waals surface area contributed by atoms with Crippen molar-refractivity contribution < 1.29 is 0 Å². The summed E-state index contributed by atoms with van der Waals surface area (Å²) in [6.45, 7) is 2.05. The third-order valence-corrected chi connectivity index (χ3v) is 5.19. The van der Waals surface area contributed by atoms with Gasteiger partial charge >= 0.3 is 0 Å². The average Bonchev–Trinajstić information content (AvgIpc) is 3.22. The lowest BCUT2D eigenvalue weighted by Crippen LogP contribution is -2.22. The van der Waals surface area contributed by atoms with Crippen LogP contribution in [-0.2, 0) is 13.5 Å². The number of H-pyrrole nitrogens is 1. The monoisotopic (exact) mass is 396 g/mol. The lowest BCUT2D eigenvalue weighted by molar-refractivity contribution is 0.863. The Balaban J connectivity index is 1.49. The number of nitrogens with one attached hydrogen (secondary N) is 2. The number of rotatable bonds is 4. The van der Waals surface area contributed by atoms with Gasteiger partial charge < -0.3 is 10.3 Å². The molecule has 0 amide bonds. The molecule has 0 aliphatic heterocycles. The Hall–Kier alpha value is -4.00. The van der Waals surface area contributed by atoms with Gasteiger partial charge in [0, 0.05) is 42.2 Å². The first-order valence-electron chi connectivity index (χ1n) is 9.68. The van der Waals surface area contributed by atoms with Crippen LogP contribution in [0.25, 0.3) is 22.1 Å². The Bertz CT molecular complexity index is 1430. The van der Waals surface area contributed by atoms with E-state index >= 15 is 0 Å². The van der Waals surface area contributed by atoms with E-state index in [-0.39, 0.29) is 5.56 Å². The zero-order chi connectivity index (χ0) is 20.7. The van der Waals surface area contributed by atoms with E-state index in [1.165, 1.54) is 5.56 Å². The summed E-state index contributed by atoms with van der Waals surface area (Å²) in [6, 6.07) is 14.0. The largest absolute Gasteiger partial charge is 0.346 e. The number of benzene rings is 1. The molecule has 7 nitrogen and oxygen atoms in total. The molecule has 4 heterocycles. The molecule has 0 fully saturated rings. The Morgan fingerprint density at radius 2 is 1.87 bits per heavy atom. The van der Waals surface area contributed by atoms with Crippen LogP contribution in [0.3, 0.4) is 0 Å². The maximum atomic E-state index is 12.9. The molecular weight excluding hydrogens is 376 g/mol. The van der Waals surface area contributed by atoms with Crippen LogP contribution in [0.4, 0.5) is 11.6 Å². The zero-order valence-electron chi connectivity index (χ0n) is 16.7. The van der Waals surface area contributed by atoms with E-state index in [4.69, 9.17) is 0 Å². The summed E-state index contributed by atoms with van der Waals surface area (Å²) >= 11 is 0. The number of hydrogen-bond donors (Lipinski definition) is 2. The number of anilines is 2. The first-order valence-corrected chi connectivity index (χ1v) is 9.68. The number of aromatic nitrogens is 5. The summed E-state index contributed by atoms with van der Waals surface area (Å²) in [6.07, 6.45) is 5.88. The minimum absolute atomic E-state index is 0.0527. The molecule has 1 aromatic carbocycles. The first kappa shape index (κ1) is 18.1. The average molecular weight is 396 g/mol. The number of nitrogens with zero attached hydrogens (tertiary/aromatic N) is 4. The van der Waals surface area contributed by atoms with Crippen LogP contribution in [0.15, 0.2) is 65.8 Å². The van der Waals surface area contributed by atoms with Crippen molar-refractivity contribution in [1.29, 1.82) is 0 Å². The van der Waals surface area contributed by atoms with Crippen molar-refractivity contribution in [3.63, 3.8) is 0 Å². The van der Waals surface area contributed by atoms with Crippen molar-refractivity contribution in [2.75, 3.05) is 5.32 Å². The van der Waals surface area contributed by atoms with E-state index < -0.39 is 0 Å². The molecule has 0 saturated carbocycles.